The summed E-state index contributed by atoms with van der Waals surface area (Å²) in [5.74, 6) is 2.24. The second kappa shape index (κ2) is 4.55. The van der Waals surface area contributed by atoms with E-state index in [0.29, 0.717) is 23.7 Å². The highest BCUT2D eigenvalue weighted by atomic mass is 16.3. The van der Waals surface area contributed by atoms with Gasteiger partial charge in [0.15, 0.2) is 0 Å². The summed E-state index contributed by atoms with van der Waals surface area (Å²) >= 11 is 0. The normalized spacial score (nSPS) is 51.4. The van der Waals surface area contributed by atoms with E-state index in [2.05, 4.69) is 27.7 Å². The molecule has 0 aliphatic heterocycles. The molecule has 0 radical (unpaired) electrons. The minimum Gasteiger partial charge on any atom is -0.393 e. The summed E-state index contributed by atoms with van der Waals surface area (Å²) in [6.45, 7) is 8.93. The van der Waals surface area contributed by atoms with E-state index in [1.165, 1.54) is 0 Å². The summed E-state index contributed by atoms with van der Waals surface area (Å²) in [6, 6.07) is 0. The highest BCUT2D eigenvalue weighted by Crippen LogP contribution is 2.54. The van der Waals surface area contributed by atoms with Crippen LogP contribution >= 0.6 is 0 Å². The fourth-order valence-corrected chi connectivity index (χ4v) is 4.41. The van der Waals surface area contributed by atoms with Crippen LogP contribution in [0.25, 0.3) is 0 Å². The van der Waals surface area contributed by atoms with Crippen LogP contribution in [0.4, 0.5) is 0 Å². The Kier molecular flexibility index (Phi) is 3.57. The smallest absolute Gasteiger partial charge is 0.0597 e. The molecule has 0 aromatic carbocycles. The number of rotatable bonds is 1. The van der Waals surface area contributed by atoms with Gasteiger partial charge in [-0.25, -0.2) is 0 Å². The maximum atomic E-state index is 10.3. The molecule has 2 saturated carbocycles. The maximum absolute atomic E-state index is 10.3. The van der Waals surface area contributed by atoms with Crippen LogP contribution in [0.5, 0.6) is 0 Å². The van der Waals surface area contributed by atoms with Crippen LogP contribution in [-0.4, -0.2) is 22.4 Å². The van der Waals surface area contributed by atoms with Gasteiger partial charge in [0.1, 0.15) is 0 Å². The Hall–Kier alpha value is -0.0800. The predicted molar refractivity (Wildman–Crippen MR) is 69.6 cm³/mol. The Morgan fingerprint density at radius 2 is 1.82 bits per heavy atom. The highest BCUT2D eigenvalue weighted by Gasteiger charge is 2.52. The van der Waals surface area contributed by atoms with Gasteiger partial charge >= 0.3 is 0 Å². The van der Waals surface area contributed by atoms with Gasteiger partial charge < -0.3 is 10.2 Å². The molecule has 2 fully saturated rings. The van der Waals surface area contributed by atoms with Crippen molar-refractivity contribution in [3.05, 3.63) is 0 Å². The number of aliphatic hydroxyl groups excluding tert-OH is 2. The van der Waals surface area contributed by atoms with Crippen LogP contribution in [0.15, 0.2) is 0 Å². The number of hydrogen-bond acceptors (Lipinski definition) is 2. The summed E-state index contributed by atoms with van der Waals surface area (Å²) in [6.07, 6.45) is 3.48. The summed E-state index contributed by atoms with van der Waals surface area (Å²) in [5, 5.41) is 20.6. The average Bonchev–Trinajstić information content (AvgIpc) is 2.23. The van der Waals surface area contributed by atoms with Gasteiger partial charge in [-0.1, -0.05) is 27.7 Å². The largest absolute Gasteiger partial charge is 0.393 e. The molecule has 2 heteroatoms. The third kappa shape index (κ3) is 2.15. The number of aliphatic hydroxyl groups is 2. The van der Waals surface area contributed by atoms with Gasteiger partial charge in [-0.05, 0) is 54.8 Å². The first-order valence-electron chi connectivity index (χ1n) is 7.22. The molecule has 2 N–H and O–H groups in total. The molecule has 0 heterocycles. The van der Waals surface area contributed by atoms with E-state index < -0.39 is 0 Å². The quantitative estimate of drug-likeness (QED) is 0.740. The molecule has 2 aliphatic rings. The van der Waals surface area contributed by atoms with Crippen molar-refractivity contribution in [1.82, 2.24) is 0 Å². The second-order valence-corrected chi connectivity index (χ2v) is 7.10. The second-order valence-electron chi connectivity index (χ2n) is 7.10. The molecule has 0 saturated heterocycles. The summed E-state index contributed by atoms with van der Waals surface area (Å²) in [7, 11) is 0. The molecule has 2 aliphatic carbocycles. The molecular weight excluding hydrogens is 212 g/mol. The van der Waals surface area contributed by atoms with Crippen molar-refractivity contribution in [3.8, 4) is 0 Å². The maximum Gasteiger partial charge on any atom is 0.0597 e. The molecule has 2 rings (SSSR count). The Labute approximate surface area is 105 Å². The summed E-state index contributed by atoms with van der Waals surface area (Å²) < 4.78 is 0. The molecule has 6 atom stereocenters. The Balaban J connectivity index is 2.22. The van der Waals surface area contributed by atoms with Crippen molar-refractivity contribution in [2.24, 2.45) is 29.1 Å². The SMILES string of the molecule is CC(C)[C@H]1C[C@H]2[C@H](C)CCC(O)[C@]2(C)CC1O. The minimum absolute atomic E-state index is 0.0531. The van der Waals surface area contributed by atoms with Gasteiger partial charge in [0, 0.05) is 0 Å². The molecule has 100 valence electrons. The van der Waals surface area contributed by atoms with E-state index in [-0.39, 0.29) is 17.6 Å². The Morgan fingerprint density at radius 1 is 1.18 bits per heavy atom. The van der Waals surface area contributed by atoms with Crippen molar-refractivity contribution in [1.29, 1.82) is 0 Å². The minimum atomic E-state index is -0.226. The van der Waals surface area contributed by atoms with Crippen LogP contribution < -0.4 is 0 Å². The van der Waals surface area contributed by atoms with Gasteiger partial charge in [-0.2, -0.15) is 0 Å². The monoisotopic (exact) mass is 240 g/mol. The molecule has 17 heavy (non-hydrogen) atoms. The zero-order chi connectivity index (χ0) is 12.8. The van der Waals surface area contributed by atoms with Crippen LogP contribution in [0.3, 0.4) is 0 Å². The lowest BCUT2D eigenvalue weighted by molar-refractivity contribution is -0.141. The van der Waals surface area contributed by atoms with Crippen molar-refractivity contribution in [3.63, 3.8) is 0 Å². The van der Waals surface area contributed by atoms with Crippen LogP contribution in [0, 0.1) is 29.1 Å². The van der Waals surface area contributed by atoms with Crippen molar-refractivity contribution in [2.45, 2.75) is 65.6 Å². The van der Waals surface area contributed by atoms with E-state index in [9.17, 15) is 10.2 Å². The molecule has 0 aromatic rings. The van der Waals surface area contributed by atoms with E-state index in [0.717, 1.165) is 25.7 Å². The third-order valence-electron chi connectivity index (χ3n) is 5.72. The zero-order valence-corrected chi connectivity index (χ0v) is 11.7. The Bertz CT molecular complexity index is 276. The molecule has 0 spiro atoms. The van der Waals surface area contributed by atoms with Gasteiger partial charge in [0.25, 0.3) is 0 Å². The zero-order valence-electron chi connectivity index (χ0n) is 11.7. The lowest BCUT2D eigenvalue weighted by atomic mass is 9.52. The van der Waals surface area contributed by atoms with Crippen molar-refractivity contribution >= 4 is 0 Å². The molecule has 0 bridgehead atoms. The van der Waals surface area contributed by atoms with Gasteiger partial charge in [-0.15, -0.1) is 0 Å². The summed E-state index contributed by atoms with van der Waals surface area (Å²) in [4.78, 5) is 0. The van der Waals surface area contributed by atoms with E-state index in [1.54, 1.807) is 0 Å². The van der Waals surface area contributed by atoms with E-state index in [1.807, 2.05) is 0 Å². The van der Waals surface area contributed by atoms with Crippen LogP contribution in [0.1, 0.15) is 53.4 Å². The van der Waals surface area contributed by atoms with Crippen molar-refractivity contribution in [2.75, 3.05) is 0 Å². The fourth-order valence-electron chi connectivity index (χ4n) is 4.41. The molecule has 2 unspecified atom stereocenters. The highest BCUT2D eigenvalue weighted by molar-refractivity contribution is 5.02. The number of fused-ring (bicyclic) bond motifs is 1. The molecule has 0 aromatic heterocycles. The Morgan fingerprint density at radius 3 is 2.41 bits per heavy atom. The summed E-state index contributed by atoms with van der Waals surface area (Å²) in [5.41, 5.74) is -0.0531. The van der Waals surface area contributed by atoms with E-state index >= 15 is 0 Å². The average molecular weight is 240 g/mol. The lowest BCUT2D eigenvalue weighted by Crippen LogP contribution is -2.54. The van der Waals surface area contributed by atoms with Gasteiger partial charge in [0.05, 0.1) is 12.2 Å². The fraction of sp³-hybridized carbons (Fsp3) is 1.00. The first-order valence-corrected chi connectivity index (χ1v) is 7.22. The first kappa shape index (κ1) is 13.4. The first-order chi connectivity index (χ1) is 7.86. The van der Waals surface area contributed by atoms with Crippen molar-refractivity contribution < 1.29 is 10.2 Å². The third-order valence-corrected chi connectivity index (χ3v) is 5.72. The van der Waals surface area contributed by atoms with Crippen LogP contribution in [0.2, 0.25) is 0 Å². The van der Waals surface area contributed by atoms with Gasteiger partial charge in [-0.3, -0.25) is 0 Å². The lowest BCUT2D eigenvalue weighted by Gasteiger charge is -2.55. The predicted octanol–water partition coefficient (Wildman–Crippen LogP) is 2.83. The molecule has 2 nitrogen and oxygen atoms in total. The van der Waals surface area contributed by atoms with Gasteiger partial charge in [0.2, 0.25) is 0 Å². The standard InChI is InChI=1S/C15H28O2/c1-9(2)11-7-12-10(3)5-6-14(17)15(12,4)8-13(11)16/h9-14,16-17H,5-8H2,1-4H3/t10-,11-,12+,13?,14?,15-/m1/s1. The number of hydrogen-bond donors (Lipinski definition) is 2. The topological polar surface area (TPSA) is 40.5 Å². The molecular formula is C15H28O2. The van der Waals surface area contributed by atoms with E-state index in [4.69, 9.17) is 0 Å². The van der Waals surface area contributed by atoms with Crippen LogP contribution in [-0.2, 0) is 0 Å². The molecule has 0 amide bonds.